The molecule has 0 fully saturated rings. The SMILES string of the molecule is CNC(=O)NC.CNC(=O)NC.[Cl-].[Cl-].c1ccc([P+](c2ccccc2)(c2ccccc2)c2ccccc2)cc1.c1ccc([P+](c2ccccc2)(c2ccccc2)c2ccccc2)cc1. The summed E-state index contributed by atoms with van der Waals surface area (Å²) in [4.78, 5) is 19.9. The summed E-state index contributed by atoms with van der Waals surface area (Å²) in [5, 5.41) is 20.6. The van der Waals surface area contributed by atoms with E-state index in [2.05, 4.69) is 264 Å². The minimum atomic E-state index is -1.91. The molecule has 0 bridgehead atoms. The van der Waals surface area contributed by atoms with Crippen molar-refractivity contribution in [2.45, 2.75) is 0 Å². The topological polar surface area (TPSA) is 82.3 Å². The number of hydrogen-bond donors (Lipinski definition) is 4. The van der Waals surface area contributed by atoms with Crippen molar-refractivity contribution in [2.24, 2.45) is 0 Å². The quantitative estimate of drug-likeness (QED) is 0.176. The third-order valence-corrected chi connectivity index (χ3v) is 18.6. The number of carbonyl (C=O) groups excluding carboxylic acids is 2. The number of nitrogens with one attached hydrogen (secondary N) is 4. The number of rotatable bonds is 8. The molecule has 0 radical (unpaired) electrons. The molecule has 8 aromatic rings. The van der Waals surface area contributed by atoms with E-state index >= 15 is 0 Å². The normalized spacial score (nSPS) is 10.1. The van der Waals surface area contributed by atoms with Gasteiger partial charge in [0.2, 0.25) is 0 Å². The first kappa shape index (κ1) is 52.1. The predicted octanol–water partition coefficient (Wildman–Crippen LogP) is 1.71. The molecule has 0 atom stereocenters. The fourth-order valence-electron chi connectivity index (χ4n) is 7.25. The highest BCUT2D eigenvalue weighted by molar-refractivity contribution is 8.02. The molecule has 0 aliphatic heterocycles. The van der Waals surface area contributed by atoms with Crippen LogP contribution in [-0.2, 0) is 0 Å². The van der Waals surface area contributed by atoms with Gasteiger partial charge in [0.05, 0.1) is 0 Å². The van der Waals surface area contributed by atoms with Gasteiger partial charge in [0.25, 0.3) is 0 Å². The summed E-state index contributed by atoms with van der Waals surface area (Å²) >= 11 is 0. The van der Waals surface area contributed by atoms with Crippen molar-refractivity contribution in [3.63, 3.8) is 0 Å². The van der Waals surface area contributed by atoms with Crippen molar-refractivity contribution in [2.75, 3.05) is 28.2 Å². The van der Waals surface area contributed by atoms with E-state index in [0.29, 0.717) is 0 Å². The Morgan fingerprint density at radius 1 is 0.250 bits per heavy atom. The minimum Gasteiger partial charge on any atom is -1.00 e. The second-order valence-electron chi connectivity index (χ2n) is 13.7. The second-order valence-corrected chi connectivity index (χ2v) is 20.5. The lowest BCUT2D eigenvalue weighted by molar-refractivity contribution is -0.001000. The van der Waals surface area contributed by atoms with E-state index in [0.717, 1.165) is 0 Å². The first-order chi connectivity index (χ1) is 30.5. The molecule has 0 saturated carbocycles. The van der Waals surface area contributed by atoms with Gasteiger partial charge in [-0.05, 0) is 97.1 Å². The lowest BCUT2D eigenvalue weighted by Crippen LogP contribution is -3.00. The van der Waals surface area contributed by atoms with Crippen LogP contribution in [0.3, 0.4) is 0 Å². The standard InChI is InChI=1S/2C24H20P.2C3H8N2O.2ClH/c2*1-5-13-21(14-6-1)25(22-15-7-2-8-16-22,23-17-9-3-10-18-23)24-19-11-4-12-20-24;2*1-4-3(6)5-2;;/h2*1-20H;2*1-2H3,(H2,4,5,6);2*1H/q2*+1;;;;/p-2. The number of benzene rings is 8. The van der Waals surface area contributed by atoms with E-state index in [9.17, 15) is 9.59 Å². The Balaban J connectivity index is 0.000000265. The lowest BCUT2D eigenvalue weighted by Gasteiger charge is -2.27. The van der Waals surface area contributed by atoms with Gasteiger partial charge in [0.15, 0.2) is 0 Å². The Kier molecular flexibility index (Phi) is 22.6. The zero-order chi connectivity index (χ0) is 43.9. The fourth-order valence-corrected chi connectivity index (χ4v) is 15.8. The maximum atomic E-state index is 9.96. The summed E-state index contributed by atoms with van der Waals surface area (Å²) in [6.45, 7) is 0. The molecule has 8 rings (SSSR count). The molecular weight excluding hydrogens is 869 g/mol. The largest absolute Gasteiger partial charge is 1.00 e. The molecule has 0 aliphatic rings. The average molecular weight is 926 g/mol. The van der Waals surface area contributed by atoms with Gasteiger partial charge in [0, 0.05) is 28.2 Å². The molecule has 4 N–H and O–H groups in total. The number of halogens is 2. The van der Waals surface area contributed by atoms with E-state index in [4.69, 9.17) is 0 Å². The molecule has 10 heteroatoms. The van der Waals surface area contributed by atoms with Gasteiger partial charge in [-0.3, -0.25) is 0 Å². The van der Waals surface area contributed by atoms with Crippen LogP contribution in [0.2, 0.25) is 0 Å². The number of carbonyl (C=O) groups is 2. The lowest BCUT2D eigenvalue weighted by atomic mass is 10.3. The van der Waals surface area contributed by atoms with E-state index in [-0.39, 0.29) is 36.9 Å². The van der Waals surface area contributed by atoms with Gasteiger partial charge in [0.1, 0.15) is 57.0 Å². The molecule has 64 heavy (non-hydrogen) atoms. The van der Waals surface area contributed by atoms with E-state index < -0.39 is 14.5 Å². The second kappa shape index (κ2) is 27.7. The molecule has 0 saturated heterocycles. The Morgan fingerprint density at radius 2 is 0.359 bits per heavy atom. The molecule has 0 heterocycles. The van der Waals surface area contributed by atoms with Gasteiger partial charge >= 0.3 is 12.1 Å². The Hall–Kier alpha value is -6.26. The zero-order valence-electron chi connectivity index (χ0n) is 36.6. The molecular formula is C54H56Cl2N4O2P2. The van der Waals surface area contributed by atoms with Gasteiger partial charge < -0.3 is 46.1 Å². The highest BCUT2D eigenvalue weighted by Gasteiger charge is 2.48. The molecule has 8 aromatic carbocycles. The van der Waals surface area contributed by atoms with Gasteiger partial charge in [-0.2, -0.15) is 0 Å². The Labute approximate surface area is 393 Å². The molecule has 0 spiro atoms. The van der Waals surface area contributed by atoms with Crippen LogP contribution >= 0.6 is 14.5 Å². The first-order valence-electron chi connectivity index (χ1n) is 20.5. The predicted molar refractivity (Wildman–Crippen MR) is 269 cm³/mol. The Bertz CT molecular complexity index is 1960. The third-order valence-electron chi connectivity index (χ3n) is 10.1. The first-order valence-corrected chi connectivity index (χ1v) is 24.1. The van der Waals surface area contributed by atoms with Crippen LogP contribution in [-0.4, -0.2) is 40.3 Å². The van der Waals surface area contributed by atoms with Gasteiger partial charge in [-0.25, -0.2) is 9.59 Å². The van der Waals surface area contributed by atoms with Crippen LogP contribution in [0.1, 0.15) is 0 Å². The van der Waals surface area contributed by atoms with Crippen LogP contribution in [0.4, 0.5) is 9.59 Å². The van der Waals surface area contributed by atoms with Crippen molar-refractivity contribution < 1.29 is 34.4 Å². The summed E-state index contributed by atoms with van der Waals surface area (Å²) in [7, 11) is 2.46. The smallest absolute Gasteiger partial charge is 0.314 e. The summed E-state index contributed by atoms with van der Waals surface area (Å²) in [5.41, 5.74) is 0. The van der Waals surface area contributed by atoms with Crippen molar-refractivity contribution in [3.05, 3.63) is 243 Å². The highest BCUT2D eigenvalue weighted by atomic mass is 35.5. The van der Waals surface area contributed by atoms with Crippen LogP contribution in [0.5, 0.6) is 0 Å². The number of urea groups is 2. The van der Waals surface area contributed by atoms with Crippen molar-refractivity contribution >= 4 is 69.0 Å². The maximum absolute atomic E-state index is 9.96. The summed E-state index contributed by atoms with van der Waals surface area (Å²) in [5.74, 6) is 0. The van der Waals surface area contributed by atoms with Crippen LogP contribution in [0, 0.1) is 0 Å². The Morgan fingerprint density at radius 3 is 0.438 bits per heavy atom. The fraction of sp³-hybridized carbons (Fsp3) is 0.0741. The van der Waals surface area contributed by atoms with E-state index in [1.807, 2.05) is 0 Å². The molecule has 0 aliphatic carbocycles. The van der Waals surface area contributed by atoms with Crippen LogP contribution in [0.25, 0.3) is 0 Å². The van der Waals surface area contributed by atoms with Crippen LogP contribution < -0.4 is 88.5 Å². The van der Waals surface area contributed by atoms with Crippen molar-refractivity contribution in [3.8, 4) is 0 Å². The zero-order valence-corrected chi connectivity index (χ0v) is 39.9. The molecule has 6 nitrogen and oxygen atoms in total. The minimum absolute atomic E-state index is 0. The number of hydrogen-bond acceptors (Lipinski definition) is 2. The number of amides is 4. The average Bonchev–Trinajstić information content (AvgIpc) is 3.37. The van der Waals surface area contributed by atoms with E-state index in [1.165, 1.54) is 42.4 Å². The summed E-state index contributed by atoms with van der Waals surface area (Å²) in [6, 6.07) is 87.3. The third kappa shape index (κ3) is 12.9. The molecule has 328 valence electrons. The molecule has 0 aromatic heterocycles. The summed E-state index contributed by atoms with van der Waals surface area (Å²) in [6.07, 6.45) is 0. The van der Waals surface area contributed by atoms with Crippen molar-refractivity contribution in [1.82, 2.24) is 21.3 Å². The molecule has 4 amide bonds. The highest BCUT2D eigenvalue weighted by Crippen LogP contribution is 2.55. The van der Waals surface area contributed by atoms with Gasteiger partial charge in [-0.15, -0.1) is 0 Å². The monoisotopic (exact) mass is 924 g/mol. The summed E-state index contributed by atoms with van der Waals surface area (Å²) < 4.78 is 0. The van der Waals surface area contributed by atoms with Crippen LogP contribution in [0.15, 0.2) is 243 Å². The molecule has 0 unspecified atom stereocenters. The van der Waals surface area contributed by atoms with Gasteiger partial charge in [-0.1, -0.05) is 146 Å². The maximum Gasteiger partial charge on any atom is 0.314 e. The van der Waals surface area contributed by atoms with E-state index in [1.54, 1.807) is 28.2 Å². The van der Waals surface area contributed by atoms with Crippen molar-refractivity contribution in [1.29, 1.82) is 0 Å².